The van der Waals surface area contributed by atoms with Gasteiger partial charge in [-0.2, -0.15) is 4.98 Å². The van der Waals surface area contributed by atoms with Crippen LogP contribution in [0, 0.1) is 0 Å². The van der Waals surface area contributed by atoms with E-state index in [-0.39, 0.29) is 5.82 Å². The maximum atomic E-state index is 11.1. The number of hydrogen-bond acceptors (Lipinski definition) is 11. The summed E-state index contributed by atoms with van der Waals surface area (Å²) in [4.78, 5) is 38.0. The molecule has 0 saturated carbocycles. The molecule has 0 radical (unpaired) electrons. The minimum atomic E-state index is -2.78. The van der Waals surface area contributed by atoms with Crippen LogP contribution in [0.1, 0.15) is 13.3 Å². The van der Waals surface area contributed by atoms with E-state index < -0.39 is 66.8 Å². The van der Waals surface area contributed by atoms with Gasteiger partial charge in [-0.1, -0.05) is 0 Å². The highest BCUT2D eigenvalue weighted by Crippen LogP contribution is 2.30. The Morgan fingerprint density at radius 3 is 2.52 bits per heavy atom. The molecule has 0 bridgehead atoms. The van der Waals surface area contributed by atoms with Crippen molar-refractivity contribution >= 4 is 17.7 Å². The number of rotatable bonds is 5. The SMILES string of the molecule is CC(=O)N[C@@H]1[C@@H](O)CC(O)(C(=O)O)O[C@H]1C(O)C(O)CO.Nc1cc[nH]c(=O)n1. The van der Waals surface area contributed by atoms with Crippen LogP contribution in [0.2, 0.25) is 0 Å². The Bertz CT molecular complexity index is 759. The molecule has 1 aliphatic heterocycles. The predicted octanol–water partition coefficient (Wildman–Crippen LogP) is -4.52. The minimum Gasteiger partial charge on any atom is -0.477 e. The third kappa shape index (κ3) is 6.74. The van der Waals surface area contributed by atoms with E-state index in [1.807, 2.05) is 0 Å². The number of amides is 1. The van der Waals surface area contributed by atoms with Gasteiger partial charge in [-0.25, -0.2) is 9.59 Å². The highest BCUT2D eigenvalue weighted by molar-refractivity contribution is 5.76. The van der Waals surface area contributed by atoms with Crippen LogP contribution in [0.3, 0.4) is 0 Å². The van der Waals surface area contributed by atoms with E-state index >= 15 is 0 Å². The van der Waals surface area contributed by atoms with Gasteiger partial charge in [0.1, 0.15) is 24.1 Å². The van der Waals surface area contributed by atoms with E-state index in [9.17, 15) is 34.8 Å². The molecule has 1 fully saturated rings. The Balaban J connectivity index is 0.000000436. The summed E-state index contributed by atoms with van der Waals surface area (Å²) in [6, 6.07) is 0.250. The molecule has 1 saturated heterocycles. The maximum absolute atomic E-state index is 11.1. The van der Waals surface area contributed by atoms with Crippen LogP contribution >= 0.6 is 0 Å². The summed E-state index contributed by atoms with van der Waals surface area (Å²) in [6.07, 6.45) is -6.03. The normalized spacial score (nSPS) is 28.4. The lowest BCUT2D eigenvalue weighted by Crippen LogP contribution is -2.67. The average molecular weight is 420 g/mol. The van der Waals surface area contributed by atoms with Crippen molar-refractivity contribution in [3.05, 3.63) is 22.7 Å². The Kier molecular flexibility index (Phi) is 8.62. The number of aliphatic hydroxyl groups is 5. The smallest absolute Gasteiger partial charge is 0.364 e. The maximum Gasteiger partial charge on any atom is 0.364 e. The van der Waals surface area contributed by atoms with Gasteiger partial charge in [-0.3, -0.25) is 4.79 Å². The Morgan fingerprint density at radius 1 is 1.48 bits per heavy atom. The number of carboxylic acids is 1. The van der Waals surface area contributed by atoms with Crippen molar-refractivity contribution in [3.63, 3.8) is 0 Å². The van der Waals surface area contributed by atoms with E-state index in [1.54, 1.807) is 0 Å². The third-order valence-corrected chi connectivity index (χ3v) is 3.90. The molecule has 0 aliphatic carbocycles. The molecule has 6 atom stereocenters. The first-order valence-corrected chi connectivity index (χ1v) is 8.28. The van der Waals surface area contributed by atoms with Crippen LogP contribution in [0.5, 0.6) is 0 Å². The highest BCUT2D eigenvalue weighted by Gasteiger charge is 2.53. The largest absolute Gasteiger partial charge is 0.477 e. The summed E-state index contributed by atoms with van der Waals surface area (Å²) in [5.41, 5.74) is 4.72. The fraction of sp³-hybridized carbons (Fsp3) is 0.600. The lowest BCUT2D eigenvalue weighted by atomic mass is 9.88. The predicted molar refractivity (Wildman–Crippen MR) is 94.1 cm³/mol. The molecule has 1 aromatic heterocycles. The van der Waals surface area contributed by atoms with E-state index in [0.29, 0.717) is 0 Å². The number of aliphatic hydroxyl groups excluding tert-OH is 4. The quantitative estimate of drug-likeness (QED) is 0.218. The summed E-state index contributed by atoms with van der Waals surface area (Å²) >= 11 is 0. The molecule has 29 heavy (non-hydrogen) atoms. The van der Waals surface area contributed by atoms with Crippen molar-refractivity contribution in [2.45, 2.75) is 49.6 Å². The summed E-state index contributed by atoms with van der Waals surface area (Å²) < 4.78 is 4.86. The standard InChI is InChI=1S/C11H19NO9.C4H5N3O/c1-4(14)12-7-5(15)2-11(20,10(18)19)21-9(7)8(17)6(16)3-13;5-3-1-2-6-4(8)7-3/h5-9,13,15-17,20H,2-3H2,1H3,(H,12,14)(H,18,19);1-2H,(H3,5,6,7,8)/t5-,6?,7+,8?,9+,11?;/m0./s1. The van der Waals surface area contributed by atoms with Crippen LogP contribution in [-0.4, -0.2) is 95.3 Å². The number of hydrogen-bond donors (Lipinski definition) is 9. The van der Waals surface area contributed by atoms with E-state index in [4.69, 9.17) is 20.7 Å². The summed E-state index contributed by atoms with van der Waals surface area (Å²) in [5, 5.41) is 59.0. The lowest BCUT2D eigenvalue weighted by molar-refractivity contribution is -0.295. The van der Waals surface area contributed by atoms with Gasteiger partial charge in [-0.15, -0.1) is 0 Å². The first kappa shape index (κ1) is 24.4. The number of nitrogen functional groups attached to an aromatic ring is 1. The monoisotopic (exact) mass is 420 g/mol. The molecule has 0 spiro atoms. The highest BCUT2D eigenvalue weighted by atomic mass is 16.7. The van der Waals surface area contributed by atoms with Gasteiger partial charge in [0.2, 0.25) is 5.91 Å². The number of ether oxygens (including phenoxy) is 1. The molecule has 2 heterocycles. The van der Waals surface area contributed by atoms with Gasteiger partial charge in [-0.05, 0) is 6.07 Å². The van der Waals surface area contributed by atoms with Crippen LogP contribution in [0.4, 0.5) is 5.82 Å². The second kappa shape index (κ2) is 10.2. The van der Waals surface area contributed by atoms with Crippen LogP contribution in [0.25, 0.3) is 0 Å². The molecule has 164 valence electrons. The Morgan fingerprint density at radius 2 is 2.10 bits per heavy atom. The minimum absolute atomic E-state index is 0.244. The van der Waals surface area contributed by atoms with Gasteiger partial charge in [0.25, 0.3) is 5.79 Å². The van der Waals surface area contributed by atoms with E-state index in [2.05, 4.69) is 15.3 Å². The second-order valence-electron chi connectivity index (χ2n) is 6.23. The van der Waals surface area contributed by atoms with Gasteiger partial charge in [0, 0.05) is 19.5 Å². The summed E-state index contributed by atoms with van der Waals surface area (Å²) in [5.74, 6) is -4.93. The lowest BCUT2D eigenvalue weighted by Gasteiger charge is -2.44. The third-order valence-electron chi connectivity index (χ3n) is 3.90. The van der Waals surface area contributed by atoms with Crippen molar-refractivity contribution < 1.29 is 45.0 Å². The fourth-order valence-electron chi connectivity index (χ4n) is 2.52. The topological polar surface area (TPSA) is 249 Å². The number of H-pyrrole nitrogens is 1. The number of carboxylic acid groups (broad SMARTS) is 1. The van der Waals surface area contributed by atoms with Gasteiger partial charge < -0.3 is 51.4 Å². The average Bonchev–Trinajstić information content (AvgIpc) is 2.62. The molecule has 1 amide bonds. The van der Waals surface area contributed by atoms with Gasteiger partial charge >= 0.3 is 11.7 Å². The molecular weight excluding hydrogens is 396 g/mol. The fourth-order valence-corrected chi connectivity index (χ4v) is 2.52. The zero-order chi connectivity index (χ0) is 22.4. The zero-order valence-electron chi connectivity index (χ0n) is 15.3. The number of aromatic amines is 1. The van der Waals surface area contributed by atoms with Crippen LogP contribution in [0.15, 0.2) is 17.1 Å². The molecular formula is C15H24N4O10. The van der Waals surface area contributed by atoms with Crippen molar-refractivity contribution in [2.24, 2.45) is 0 Å². The molecule has 0 aromatic carbocycles. The molecule has 10 N–H and O–H groups in total. The van der Waals surface area contributed by atoms with Crippen molar-refractivity contribution in [3.8, 4) is 0 Å². The van der Waals surface area contributed by atoms with Crippen LogP contribution < -0.4 is 16.7 Å². The first-order valence-electron chi connectivity index (χ1n) is 8.28. The second-order valence-corrected chi connectivity index (χ2v) is 6.23. The number of aromatic nitrogens is 2. The number of aliphatic carboxylic acids is 1. The zero-order valence-corrected chi connectivity index (χ0v) is 15.3. The number of nitrogens with zero attached hydrogens (tertiary/aromatic N) is 1. The van der Waals surface area contributed by atoms with Gasteiger partial charge in [0.05, 0.1) is 18.8 Å². The molecule has 3 unspecified atom stereocenters. The number of carbonyl (C=O) groups excluding carboxylic acids is 1. The first-order chi connectivity index (χ1) is 13.4. The van der Waals surface area contributed by atoms with E-state index in [0.717, 1.165) is 6.92 Å². The number of carbonyl (C=O) groups is 2. The number of nitrogens with one attached hydrogen (secondary N) is 2. The Labute approximate surface area is 163 Å². The summed E-state index contributed by atoms with van der Waals surface area (Å²) in [7, 11) is 0. The molecule has 1 aromatic rings. The van der Waals surface area contributed by atoms with Crippen molar-refractivity contribution in [2.75, 3.05) is 12.3 Å². The molecule has 2 rings (SSSR count). The van der Waals surface area contributed by atoms with E-state index in [1.165, 1.54) is 12.3 Å². The Hall–Kier alpha value is -2.62. The van der Waals surface area contributed by atoms with Crippen molar-refractivity contribution in [1.29, 1.82) is 0 Å². The van der Waals surface area contributed by atoms with Crippen LogP contribution in [-0.2, 0) is 14.3 Å². The van der Waals surface area contributed by atoms with Crippen molar-refractivity contribution in [1.82, 2.24) is 15.3 Å². The number of anilines is 1. The molecule has 14 heteroatoms. The van der Waals surface area contributed by atoms with Gasteiger partial charge in [0.15, 0.2) is 0 Å². The summed E-state index contributed by atoms with van der Waals surface area (Å²) in [6.45, 7) is 0.256. The molecule has 14 nitrogen and oxygen atoms in total. The number of nitrogens with two attached hydrogens (primary N) is 1. The molecule has 1 aliphatic rings.